The second kappa shape index (κ2) is 5.11. The normalized spacial score (nSPS) is 12.2. The summed E-state index contributed by atoms with van der Waals surface area (Å²) in [5.41, 5.74) is 7.77. The van der Waals surface area contributed by atoms with Gasteiger partial charge in [0.1, 0.15) is 0 Å². The van der Waals surface area contributed by atoms with Crippen molar-refractivity contribution in [3.63, 3.8) is 0 Å². The van der Waals surface area contributed by atoms with Crippen LogP contribution >= 0.6 is 0 Å². The fourth-order valence-electron chi connectivity index (χ4n) is 1.88. The molecule has 0 saturated carbocycles. The van der Waals surface area contributed by atoms with Crippen LogP contribution in [0.5, 0.6) is 0 Å². The Bertz CT molecular complexity index is 626. The minimum Gasteiger partial charge on any atom is -0.324 e. The van der Waals surface area contributed by atoms with Gasteiger partial charge in [-0.2, -0.15) is 0 Å². The maximum absolute atomic E-state index is 11.0. The van der Waals surface area contributed by atoms with E-state index in [0.29, 0.717) is 11.4 Å². The van der Waals surface area contributed by atoms with Gasteiger partial charge in [0.15, 0.2) is 5.82 Å². The molecule has 6 nitrogen and oxygen atoms in total. The van der Waals surface area contributed by atoms with Gasteiger partial charge in [0, 0.05) is 29.6 Å². The van der Waals surface area contributed by atoms with E-state index in [0.717, 1.165) is 11.3 Å². The topological polar surface area (TPSA) is 94.9 Å². The van der Waals surface area contributed by atoms with Crippen molar-refractivity contribution >= 4 is 5.69 Å². The highest BCUT2D eigenvalue weighted by Crippen LogP contribution is 2.27. The van der Waals surface area contributed by atoms with Gasteiger partial charge in [-0.15, -0.1) is 0 Å². The van der Waals surface area contributed by atoms with Crippen molar-refractivity contribution in [2.45, 2.75) is 19.9 Å². The predicted octanol–water partition coefficient (Wildman–Crippen LogP) is 2.38. The Morgan fingerprint density at radius 1 is 1.37 bits per heavy atom. The van der Waals surface area contributed by atoms with Crippen LogP contribution in [0, 0.1) is 17.0 Å². The van der Waals surface area contributed by atoms with E-state index in [9.17, 15) is 10.1 Å². The monoisotopic (exact) mass is 258 g/mol. The zero-order chi connectivity index (χ0) is 14.0. The Labute approximate surface area is 110 Å². The highest BCUT2D eigenvalue weighted by molar-refractivity contribution is 5.67. The summed E-state index contributed by atoms with van der Waals surface area (Å²) in [4.78, 5) is 19.0. The Morgan fingerprint density at radius 2 is 2.05 bits per heavy atom. The van der Waals surface area contributed by atoms with E-state index < -0.39 is 4.92 Å². The lowest BCUT2D eigenvalue weighted by Crippen LogP contribution is -2.09. The summed E-state index contributed by atoms with van der Waals surface area (Å²) in [6.45, 7) is 3.66. The lowest BCUT2D eigenvalue weighted by Gasteiger charge is -2.09. The maximum Gasteiger partial charge on any atom is 0.280 e. The molecule has 0 spiro atoms. The molecule has 1 aromatic heterocycles. The molecule has 0 saturated heterocycles. The molecule has 1 heterocycles. The zero-order valence-corrected chi connectivity index (χ0v) is 10.7. The summed E-state index contributed by atoms with van der Waals surface area (Å²) in [7, 11) is 0. The van der Waals surface area contributed by atoms with Crippen molar-refractivity contribution in [1.82, 2.24) is 9.97 Å². The van der Waals surface area contributed by atoms with Crippen LogP contribution < -0.4 is 5.73 Å². The third-order valence-corrected chi connectivity index (χ3v) is 2.85. The highest BCUT2D eigenvalue weighted by Gasteiger charge is 2.17. The van der Waals surface area contributed by atoms with Gasteiger partial charge in [0.25, 0.3) is 5.69 Å². The van der Waals surface area contributed by atoms with Crippen molar-refractivity contribution < 1.29 is 4.92 Å². The van der Waals surface area contributed by atoms with Crippen LogP contribution in [0.4, 0.5) is 5.69 Å². The molecule has 98 valence electrons. The molecule has 0 radical (unpaired) electrons. The highest BCUT2D eigenvalue weighted by atomic mass is 16.6. The van der Waals surface area contributed by atoms with Crippen molar-refractivity contribution in [2.24, 2.45) is 5.73 Å². The number of rotatable bonds is 3. The summed E-state index contributed by atoms with van der Waals surface area (Å²) in [5, 5.41) is 11.0. The van der Waals surface area contributed by atoms with Gasteiger partial charge in [-0.1, -0.05) is 12.1 Å². The summed E-state index contributed by atoms with van der Waals surface area (Å²) < 4.78 is 0. The molecular formula is C13H14N4O2. The number of nitrogens with two attached hydrogens (primary N) is 1. The molecule has 2 aromatic rings. The Balaban J connectivity index is 2.54. The zero-order valence-electron chi connectivity index (χ0n) is 10.7. The average Bonchev–Trinajstić information content (AvgIpc) is 2.38. The Kier molecular flexibility index (Phi) is 3.52. The second-order valence-corrected chi connectivity index (χ2v) is 4.30. The summed E-state index contributed by atoms with van der Waals surface area (Å²) in [5.74, 6) is 0.342. The molecule has 1 atom stereocenters. The lowest BCUT2D eigenvalue weighted by molar-refractivity contribution is -0.384. The number of nitro groups is 1. The molecule has 1 aromatic carbocycles. The van der Waals surface area contributed by atoms with E-state index in [1.807, 2.05) is 13.8 Å². The minimum absolute atomic E-state index is 0.00422. The Morgan fingerprint density at radius 3 is 2.63 bits per heavy atom. The van der Waals surface area contributed by atoms with Crippen LogP contribution in [0.15, 0.2) is 30.5 Å². The first-order chi connectivity index (χ1) is 9.00. The Hall–Kier alpha value is -2.34. The maximum atomic E-state index is 11.0. The number of hydrogen-bond donors (Lipinski definition) is 1. The standard InChI is InChI=1S/C13H14N4O2/c1-8(14)11-7-15-13(16-9(11)2)10-5-3-4-6-12(10)17(18)19/h3-8H,14H2,1-2H3/t8-/m1/s1. The smallest absolute Gasteiger partial charge is 0.280 e. The van der Waals surface area contributed by atoms with E-state index >= 15 is 0 Å². The van der Waals surface area contributed by atoms with Gasteiger partial charge in [0.2, 0.25) is 0 Å². The van der Waals surface area contributed by atoms with Gasteiger partial charge < -0.3 is 5.73 Å². The van der Waals surface area contributed by atoms with Crippen LogP contribution in [0.2, 0.25) is 0 Å². The molecule has 0 fully saturated rings. The molecule has 0 aliphatic carbocycles. The fourth-order valence-corrected chi connectivity index (χ4v) is 1.88. The average molecular weight is 258 g/mol. The lowest BCUT2D eigenvalue weighted by atomic mass is 10.1. The van der Waals surface area contributed by atoms with Crippen molar-refractivity contribution in [3.8, 4) is 11.4 Å². The van der Waals surface area contributed by atoms with Crippen LogP contribution in [-0.4, -0.2) is 14.9 Å². The molecule has 19 heavy (non-hydrogen) atoms. The number of para-hydroxylation sites is 1. The van der Waals surface area contributed by atoms with Gasteiger partial charge in [0.05, 0.1) is 10.5 Å². The van der Waals surface area contributed by atoms with Crippen molar-refractivity contribution in [1.29, 1.82) is 0 Å². The first-order valence-electron chi connectivity index (χ1n) is 5.83. The summed E-state index contributed by atoms with van der Waals surface area (Å²) in [6, 6.07) is 6.25. The van der Waals surface area contributed by atoms with E-state index in [1.54, 1.807) is 24.4 Å². The quantitative estimate of drug-likeness (QED) is 0.673. The first kappa shape index (κ1) is 13.1. The van der Waals surface area contributed by atoms with E-state index in [1.165, 1.54) is 6.07 Å². The summed E-state index contributed by atoms with van der Waals surface area (Å²) in [6.07, 6.45) is 1.62. The molecule has 2 N–H and O–H groups in total. The van der Waals surface area contributed by atoms with Crippen LogP contribution in [0.25, 0.3) is 11.4 Å². The molecule has 6 heteroatoms. The molecular weight excluding hydrogens is 244 g/mol. The first-order valence-corrected chi connectivity index (χ1v) is 5.83. The number of nitrogens with zero attached hydrogens (tertiary/aromatic N) is 3. The van der Waals surface area contributed by atoms with Crippen LogP contribution in [-0.2, 0) is 0 Å². The third-order valence-electron chi connectivity index (χ3n) is 2.85. The van der Waals surface area contributed by atoms with Crippen molar-refractivity contribution in [2.75, 3.05) is 0 Å². The largest absolute Gasteiger partial charge is 0.324 e. The van der Waals surface area contributed by atoms with E-state index in [2.05, 4.69) is 9.97 Å². The van der Waals surface area contributed by atoms with Gasteiger partial charge >= 0.3 is 0 Å². The number of nitro benzene ring substituents is 1. The predicted molar refractivity (Wildman–Crippen MR) is 71.5 cm³/mol. The van der Waals surface area contributed by atoms with Gasteiger partial charge in [-0.25, -0.2) is 9.97 Å². The number of aromatic nitrogens is 2. The molecule has 0 bridgehead atoms. The van der Waals surface area contributed by atoms with Crippen LogP contribution in [0.3, 0.4) is 0 Å². The third kappa shape index (κ3) is 2.58. The molecule has 0 aliphatic heterocycles. The SMILES string of the molecule is Cc1nc(-c2ccccc2[N+](=O)[O-])ncc1[C@@H](C)N. The van der Waals surface area contributed by atoms with E-state index in [4.69, 9.17) is 5.73 Å². The number of aryl methyl sites for hydroxylation is 1. The van der Waals surface area contributed by atoms with Gasteiger partial charge in [-0.05, 0) is 19.9 Å². The van der Waals surface area contributed by atoms with Gasteiger partial charge in [-0.3, -0.25) is 10.1 Å². The van der Waals surface area contributed by atoms with Crippen LogP contribution in [0.1, 0.15) is 24.2 Å². The molecule has 2 rings (SSSR count). The fraction of sp³-hybridized carbons (Fsp3) is 0.231. The van der Waals surface area contributed by atoms with E-state index in [-0.39, 0.29) is 11.7 Å². The van der Waals surface area contributed by atoms with Crippen molar-refractivity contribution in [3.05, 3.63) is 51.8 Å². The second-order valence-electron chi connectivity index (χ2n) is 4.30. The minimum atomic E-state index is -0.437. The molecule has 0 amide bonds. The summed E-state index contributed by atoms with van der Waals surface area (Å²) >= 11 is 0. The number of benzene rings is 1. The number of hydrogen-bond acceptors (Lipinski definition) is 5. The molecule has 0 aliphatic rings. The molecule has 0 unspecified atom stereocenters.